The Morgan fingerprint density at radius 2 is 1.38 bits per heavy atom. The van der Waals surface area contributed by atoms with Gasteiger partial charge >= 0.3 is 0 Å². The van der Waals surface area contributed by atoms with Crippen LogP contribution in [0.15, 0.2) is 0 Å². The molecule has 0 aromatic carbocycles. The van der Waals surface area contributed by atoms with E-state index in [2.05, 4.69) is 6.92 Å². The molecule has 71 valence electrons. The second kappa shape index (κ2) is 2.37. The minimum absolute atomic E-state index is 0.0503. The summed E-state index contributed by atoms with van der Waals surface area (Å²) in [4.78, 5) is 11.6. The zero-order valence-corrected chi connectivity index (χ0v) is 8.09. The van der Waals surface area contributed by atoms with Gasteiger partial charge in [0.15, 0.2) is 0 Å². The highest BCUT2D eigenvalue weighted by Crippen LogP contribution is 2.60. The van der Waals surface area contributed by atoms with Crippen LogP contribution in [0.4, 0.5) is 0 Å². The summed E-state index contributed by atoms with van der Waals surface area (Å²) < 4.78 is 0. The lowest BCUT2D eigenvalue weighted by molar-refractivity contribution is -0.138. The minimum atomic E-state index is 0.0503. The normalized spacial score (nSPS) is 52.5. The van der Waals surface area contributed by atoms with Crippen molar-refractivity contribution in [3.8, 4) is 0 Å². The van der Waals surface area contributed by atoms with Crippen molar-refractivity contribution in [2.45, 2.75) is 38.5 Å². The van der Waals surface area contributed by atoms with Crippen molar-refractivity contribution in [2.24, 2.45) is 23.2 Å². The summed E-state index contributed by atoms with van der Waals surface area (Å²) in [5, 5.41) is 0. The monoisotopic (exact) mass is 177 g/mol. The highest BCUT2D eigenvalue weighted by molar-refractivity contribution is 5.88. The number of hydrogen-bond acceptors (Lipinski definition) is 1. The predicted octanol–water partition coefficient (Wildman–Crippen LogP) is 2.61. The first-order chi connectivity index (χ1) is 6.18. The molecule has 0 spiro atoms. The fourth-order valence-electron chi connectivity index (χ4n) is 4.45. The fraction of sp³-hybridized carbons (Fsp3) is 0.833. The average molecular weight is 177 g/mol. The molecular weight excluding hydrogens is 160 g/mol. The lowest BCUT2D eigenvalue weighted by Gasteiger charge is -2.55. The first kappa shape index (κ1) is 8.02. The molecule has 1 heteroatoms. The Bertz CT molecular complexity index is 219. The molecule has 1 nitrogen and oxygen atoms in total. The Morgan fingerprint density at radius 1 is 1.00 bits per heavy atom. The van der Waals surface area contributed by atoms with E-state index in [4.69, 9.17) is 0 Å². The van der Waals surface area contributed by atoms with E-state index in [1.807, 2.05) is 0 Å². The van der Waals surface area contributed by atoms with E-state index in [0.717, 1.165) is 17.8 Å². The molecule has 0 amide bonds. The number of carbonyl (C=O) groups is 1. The predicted molar refractivity (Wildman–Crippen MR) is 51.0 cm³/mol. The van der Waals surface area contributed by atoms with Gasteiger partial charge in [0.1, 0.15) is 5.78 Å². The molecule has 4 aliphatic rings. The van der Waals surface area contributed by atoms with Crippen LogP contribution in [-0.2, 0) is 4.79 Å². The van der Waals surface area contributed by atoms with Crippen LogP contribution in [0, 0.1) is 30.1 Å². The molecular formula is C12H17O. The molecule has 0 atom stereocenters. The van der Waals surface area contributed by atoms with Gasteiger partial charge in [0.25, 0.3) is 0 Å². The molecule has 0 aromatic heterocycles. The standard InChI is InChI=1S/C12H17O/c1-8(13)12-5-9-2-10(6-12)4-11(3-9)7-12/h9-11H,1-7H2. The van der Waals surface area contributed by atoms with Gasteiger partial charge in [-0.3, -0.25) is 4.79 Å². The molecule has 0 heterocycles. The maximum atomic E-state index is 11.6. The molecule has 4 saturated carbocycles. The van der Waals surface area contributed by atoms with E-state index in [-0.39, 0.29) is 11.2 Å². The van der Waals surface area contributed by atoms with Crippen LogP contribution in [0.25, 0.3) is 0 Å². The van der Waals surface area contributed by atoms with Crippen molar-refractivity contribution in [1.29, 1.82) is 0 Å². The van der Waals surface area contributed by atoms with E-state index < -0.39 is 0 Å². The van der Waals surface area contributed by atoms with Crippen LogP contribution in [0.1, 0.15) is 38.5 Å². The minimum Gasteiger partial charge on any atom is -0.299 e. The third-order valence-corrected chi connectivity index (χ3v) is 4.63. The zero-order valence-electron chi connectivity index (χ0n) is 8.09. The van der Waals surface area contributed by atoms with Gasteiger partial charge in [-0.05, 0) is 56.3 Å². The molecule has 0 saturated heterocycles. The van der Waals surface area contributed by atoms with Crippen LogP contribution < -0.4 is 0 Å². The van der Waals surface area contributed by atoms with Gasteiger partial charge in [0, 0.05) is 12.3 Å². The lowest BCUT2D eigenvalue weighted by Crippen LogP contribution is -2.49. The molecule has 0 N–H and O–H groups in total. The quantitative estimate of drug-likeness (QED) is 0.601. The first-order valence-electron chi connectivity index (χ1n) is 5.54. The lowest BCUT2D eigenvalue weighted by atomic mass is 9.48. The molecule has 0 aliphatic heterocycles. The Labute approximate surface area is 79.9 Å². The van der Waals surface area contributed by atoms with Crippen LogP contribution in [0.2, 0.25) is 0 Å². The molecule has 13 heavy (non-hydrogen) atoms. The summed E-state index contributed by atoms with van der Waals surface area (Å²) in [5.41, 5.74) is 0.0503. The summed E-state index contributed by atoms with van der Waals surface area (Å²) in [6, 6.07) is 0. The molecule has 1 radical (unpaired) electrons. The van der Waals surface area contributed by atoms with Crippen molar-refractivity contribution >= 4 is 5.78 Å². The van der Waals surface area contributed by atoms with Crippen LogP contribution in [0.3, 0.4) is 0 Å². The van der Waals surface area contributed by atoms with E-state index >= 15 is 0 Å². The Kier molecular flexibility index (Phi) is 1.46. The molecule has 0 aromatic rings. The first-order valence-corrected chi connectivity index (χ1v) is 5.54. The third-order valence-electron chi connectivity index (χ3n) is 4.63. The van der Waals surface area contributed by atoms with E-state index in [0.29, 0.717) is 0 Å². The summed E-state index contributed by atoms with van der Waals surface area (Å²) in [7, 11) is 0. The van der Waals surface area contributed by atoms with Crippen molar-refractivity contribution in [3.05, 3.63) is 6.92 Å². The van der Waals surface area contributed by atoms with Crippen LogP contribution in [0.5, 0.6) is 0 Å². The fourth-order valence-corrected chi connectivity index (χ4v) is 4.45. The van der Waals surface area contributed by atoms with Crippen molar-refractivity contribution in [3.63, 3.8) is 0 Å². The van der Waals surface area contributed by atoms with E-state index in [1.165, 1.54) is 38.5 Å². The molecule has 0 unspecified atom stereocenters. The SMILES string of the molecule is [CH2]C(=O)C12CC3CC(CC(C3)C1)C2. The average Bonchev–Trinajstić information content (AvgIpc) is 2.00. The van der Waals surface area contributed by atoms with Gasteiger partial charge in [-0.1, -0.05) is 0 Å². The second-order valence-corrected chi connectivity index (χ2v) is 5.62. The number of rotatable bonds is 1. The Balaban J connectivity index is 1.95. The van der Waals surface area contributed by atoms with E-state index in [9.17, 15) is 4.79 Å². The maximum absolute atomic E-state index is 11.6. The number of ketones is 1. The molecule has 4 rings (SSSR count). The summed E-state index contributed by atoms with van der Waals surface area (Å²) >= 11 is 0. The van der Waals surface area contributed by atoms with Crippen molar-refractivity contribution in [1.82, 2.24) is 0 Å². The highest BCUT2D eigenvalue weighted by Gasteiger charge is 2.53. The van der Waals surface area contributed by atoms with Gasteiger partial charge in [-0.25, -0.2) is 0 Å². The van der Waals surface area contributed by atoms with Gasteiger partial charge in [-0.2, -0.15) is 0 Å². The second-order valence-electron chi connectivity index (χ2n) is 5.62. The maximum Gasteiger partial charge on any atom is 0.139 e. The van der Waals surface area contributed by atoms with Crippen molar-refractivity contribution < 1.29 is 4.79 Å². The van der Waals surface area contributed by atoms with Crippen LogP contribution >= 0.6 is 0 Å². The zero-order chi connectivity index (χ0) is 9.05. The van der Waals surface area contributed by atoms with Crippen molar-refractivity contribution in [2.75, 3.05) is 0 Å². The topological polar surface area (TPSA) is 17.1 Å². The van der Waals surface area contributed by atoms with Gasteiger partial charge in [0.2, 0.25) is 0 Å². The van der Waals surface area contributed by atoms with Gasteiger partial charge < -0.3 is 0 Å². The van der Waals surface area contributed by atoms with E-state index in [1.54, 1.807) is 0 Å². The third kappa shape index (κ3) is 1.02. The highest BCUT2D eigenvalue weighted by atomic mass is 16.1. The summed E-state index contributed by atoms with van der Waals surface area (Å²) in [6.07, 6.45) is 7.73. The number of carbonyl (C=O) groups excluding carboxylic acids is 1. The molecule has 4 aliphatic carbocycles. The largest absolute Gasteiger partial charge is 0.299 e. The van der Waals surface area contributed by atoms with Gasteiger partial charge in [0.05, 0.1) is 0 Å². The van der Waals surface area contributed by atoms with Crippen LogP contribution in [-0.4, -0.2) is 5.78 Å². The number of hydrogen-bond donors (Lipinski definition) is 0. The number of Topliss-reactive ketones (excluding diaryl/α,β-unsaturated/α-hetero) is 1. The van der Waals surface area contributed by atoms with Gasteiger partial charge in [-0.15, -0.1) is 0 Å². The summed E-state index contributed by atoms with van der Waals surface area (Å²) in [5.74, 6) is 2.86. The molecule has 4 bridgehead atoms. The molecule has 4 fully saturated rings. The summed E-state index contributed by atoms with van der Waals surface area (Å²) in [6.45, 7) is 3.69. The Hall–Kier alpha value is -0.330. The smallest absolute Gasteiger partial charge is 0.139 e. The Morgan fingerprint density at radius 3 is 1.69 bits per heavy atom.